The van der Waals surface area contributed by atoms with Gasteiger partial charge in [-0.05, 0) is 12.8 Å². The molecule has 0 aromatic heterocycles. The molecular weight excluding hydrogens is 254 g/mol. The van der Waals surface area contributed by atoms with Crippen molar-refractivity contribution in [2.75, 3.05) is 13.2 Å². The number of halogens is 6. The molecule has 0 saturated carbocycles. The van der Waals surface area contributed by atoms with Crippen molar-refractivity contribution in [2.45, 2.75) is 44.8 Å². The Morgan fingerprint density at radius 2 is 1.00 bits per heavy atom. The number of rotatable bonds is 6. The molecule has 0 heterocycles. The molecule has 0 aromatic rings. The summed E-state index contributed by atoms with van der Waals surface area (Å²) in [6, 6.07) is 0. The van der Waals surface area contributed by atoms with E-state index in [9.17, 15) is 26.3 Å². The molecule has 0 amide bonds. The molecule has 17 heavy (non-hydrogen) atoms. The molecule has 0 N–H and O–H groups in total. The third-order valence-electron chi connectivity index (χ3n) is 1.77. The molecule has 0 aromatic carbocycles. The minimum atomic E-state index is -5.67. The average Bonchev–Trinajstić information content (AvgIpc) is 2.14. The van der Waals surface area contributed by atoms with Crippen molar-refractivity contribution in [3.63, 3.8) is 0 Å². The smallest absolute Gasteiger partial charge is 0.336 e. The number of alkyl halides is 6. The topological polar surface area (TPSA) is 18.5 Å². The first-order valence-electron chi connectivity index (χ1n) is 5.03. The predicted octanol–water partition coefficient (Wildman–Crippen LogP) is 3.66. The zero-order valence-electron chi connectivity index (χ0n) is 9.41. The van der Waals surface area contributed by atoms with E-state index < -0.39 is 31.4 Å². The van der Waals surface area contributed by atoms with Gasteiger partial charge in [0.2, 0.25) is 0 Å². The molecule has 0 bridgehead atoms. The SMILES string of the molecule is CCCOC(OCCC)(C(F)(F)F)C(F)(F)F. The molecule has 0 fully saturated rings. The van der Waals surface area contributed by atoms with Gasteiger partial charge in [0, 0.05) is 0 Å². The van der Waals surface area contributed by atoms with E-state index in [1.165, 1.54) is 13.8 Å². The lowest BCUT2D eigenvalue weighted by atomic mass is 10.2. The van der Waals surface area contributed by atoms with Crippen LogP contribution in [0.4, 0.5) is 26.3 Å². The lowest BCUT2D eigenvalue weighted by molar-refractivity contribution is -0.468. The van der Waals surface area contributed by atoms with Crippen LogP contribution in [-0.4, -0.2) is 31.4 Å². The van der Waals surface area contributed by atoms with E-state index in [0.717, 1.165) is 0 Å². The van der Waals surface area contributed by atoms with E-state index in [-0.39, 0.29) is 12.8 Å². The number of hydrogen-bond donors (Lipinski definition) is 0. The van der Waals surface area contributed by atoms with Gasteiger partial charge in [-0.1, -0.05) is 13.8 Å². The van der Waals surface area contributed by atoms with Crippen molar-refractivity contribution in [1.29, 1.82) is 0 Å². The molecule has 2 nitrogen and oxygen atoms in total. The molecule has 0 aliphatic carbocycles. The van der Waals surface area contributed by atoms with Crippen molar-refractivity contribution < 1.29 is 35.8 Å². The third-order valence-corrected chi connectivity index (χ3v) is 1.77. The molecule has 0 rings (SSSR count). The van der Waals surface area contributed by atoms with E-state index in [1.54, 1.807) is 0 Å². The van der Waals surface area contributed by atoms with E-state index in [4.69, 9.17) is 0 Å². The number of hydrogen-bond acceptors (Lipinski definition) is 2. The van der Waals surface area contributed by atoms with Gasteiger partial charge in [-0.15, -0.1) is 0 Å². The Labute approximate surface area is 94.9 Å². The molecule has 104 valence electrons. The molecule has 0 aliphatic rings. The van der Waals surface area contributed by atoms with Crippen LogP contribution in [0.3, 0.4) is 0 Å². The molecule has 0 aliphatic heterocycles. The Morgan fingerprint density at radius 1 is 0.706 bits per heavy atom. The first kappa shape index (κ1) is 16.5. The lowest BCUT2D eigenvalue weighted by Crippen LogP contribution is -2.60. The summed E-state index contributed by atoms with van der Waals surface area (Å²) in [5.74, 6) is -4.52. The monoisotopic (exact) mass is 268 g/mol. The molecular formula is C9H14F6O2. The lowest BCUT2D eigenvalue weighted by Gasteiger charge is -2.36. The van der Waals surface area contributed by atoms with E-state index in [2.05, 4.69) is 9.47 Å². The fourth-order valence-corrected chi connectivity index (χ4v) is 1.02. The first-order valence-corrected chi connectivity index (χ1v) is 5.03. The van der Waals surface area contributed by atoms with Gasteiger partial charge in [0.25, 0.3) is 0 Å². The fourth-order valence-electron chi connectivity index (χ4n) is 1.02. The summed E-state index contributed by atoms with van der Waals surface area (Å²) in [7, 11) is 0. The second-order valence-electron chi connectivity index (χ2n) is 3.31. The Balaban J connectivity index is 5.22. The maximum absolute atomic E-state index is 12.5. The normalized spacial score (nSPS) is 14.1. The van der Waals surface area contributed by atoms with Gasteiger partial charge in [0.15, 0.2) is 0 Å². The highest BCUT2D eigenvalue weighted by atomic mass is 19.4. The summed E-state index contributed by atoms with van der Waals surface area (Å²) in [4.78, 5) is 0. The first-order chi connectivity index (χ1) is 7.62. The summed E-state index contributed by atoms with van der Waals surface area (Å²) < 4.78 is 83.2. The average molecular weight is 268 g/mol. The second kappa shape index (κ2) is 5.90. The summed E-state index contributed by atoms with van der Waals surface area (Å²) in [5.41, 5.74) is 0. The van der Waals surface area contributed by atoms with Crippen molar-refractivity contribution in [3.8, 4) is 0 Å². The molecule has 0 spiro atoms. The standard InChI is InChI=1S/C9H14F6O2/c1-3-5-16-7(8(10,11)12,9(13,14)15)17-6-4-2/h3-6H2,1-2H3. The van der Waals surface area contributed by atoms with Gasteiger partial charge in [0.1, 0.15) is 0 Å². The van der Waals surface area contributed by atoms with Crippen LogP contribution in [0.1, 0.15) is 26.7 Å². The summed E-state index contributed by atoms with van der Waals surface area (Å²) >= 11 is 0. The van der Waals surface area contributed by atoms with Crippen LogP contribution in [0.2, 0.25) is 0 Å². The van der Waals surface area contributed by atoms with E-state index in [1.807, 2.05) is 0 Å². The van der Waals surface area contributed by atoms with Gasteiger partial charge in [-0.2, -0.15) is 26.3 Å². The maximum atomic E-state index is 12.5. The maximum Gasteiger partial charge on any atom is 0.453 e. The van der Waals surface area contributed by atoms with Crippen molar-refractivity contribution in [1.82, 2.24) is 0 Å². The van der Waals surface area contributed by atoms with Gasteiger partial charge in [-0.3, -0.25) is 0 Å². The Hall–Kier alpha value is -0.500. The molecule has 0 atom stereocenters. The van der Waals surface area contributed by atoms with Gasteiger partial charge in [0.05, 0.1) is 13.2 Å². The van der Waals surface area contributed by atoms with E-state index >= 15 is 0 Å². The fraction of sp³-hybridized carbons (Fsp3) is 1.00. The highest BCUT2D eigenvalue weighted by Crippen LogP contribution is 2.46. The minimum absolute atomic E-state index is 0.0173. The van der Waals surface area contributed by atoms with Crippen LogP contribution in [0.5, 0.6) is 0 Å². The summed E-state index contributed by atoms with van der Waals surface area (Å²) in [5, 5.41) is 0. The van der Waals surface area contributed by atoms with Gasteiger partial charge < -0.3 is 9.47 Å². The van der Waals surface area contributed by atoms with Crippen LogP contribution in [0.15, 0.2) is 0 Å². The Kier molecular flexibility index (Phi) is 5.73. The molecule has 0 saturated heterocycles. The second-order valence-corrected chi connectivity index (χ2v) is 3.31. The van der Waals surface area contributed by atoms with E-state index in [0.29, 0.717) is 0 Å². The van der Waals surface area contributed by atoms with Gasteiger partial charge in [-0.25, -0.2) is 0 Å². The summed E-state index contributed by atoms with van der Waals surface area (Å²) in [6.45, 7) is 1.42. The van der Waals surface area contributed by atoms with Crippen molar-refractivity contribution >= 4 is 0 Å². The van der Waals surface area contributed by atoms with Crippen LogP contribution >= 0.6 is 0 Å². The quantitative estimate of drug-likeness (QED) is 0.540. The van der Waals surface area contributed by atoms with Crippen LogP contribution in [0, 0.1) is 0 Å². The zero-order valence-corrected chi connectivity index (χ0v) is 9.41. The molecule has 8 heteroatoms. The Morgan fingerprint density at radius 3 is 1.18 bits per heavy atom. The van der Waals surface area contributed by atoms with Gasteiger partial charge >= 0.3 is 18.1 Å². The van der Waals surface area contributed by atoms with Crippen LogP contribution in [0.25, 0.3) is 0 Å². The highest BCUT2D eigenvalue weighted by Gasteiger charge is 2.74. The molecule has 0 radical (unpaired) electrons. The van der Waals surface area contributed by atoms with Crippen LogP contribution < -0.4 is 0 Å². The number of ether oxygens (including phenoxy) is 2. The third kappa shape index (κ3) is 3.74. The largest absolute Gasteiger partial charge is 0.453 e. The summed E-state index contributed by atoms with van der Waals surface area (Å²) in [6.07, 6.45) is -11.3. The van der Waals surface area contributed by atoms with Crippen molar-refractivity contribution in [3.05, 3.63) is 0 Å². The minimum Gasteiger partial charge on any atom is -0.336 e. The predicted molar refractivity (Wildman–Crippen MR) is 47.3 cm³/mol. The molecule has 0 unspecified atom stereocenters. The zero-order chi connectivity index (χ0) is 13.7. The Bertz CT molecular complexity index is 199. The van der Waals surface area contributed by atoms with Crippen LogP contribution in [-0.2, 0) is 9.47 Å². The van der Waals surface area contributed by atoms with Crippen molar-refractivity contribution in [2.24, 2.45) is 0 Å². The highest BCUT2D eigenvalue weighted by molar-refractivity contribution is 4.87.